The molecule has 3 heteroatoms. The Morgan fingerprint density at radius 1 is 0.964 bits per heavy atom. The lowest BCUT2D eigenvalue weighted by atomic mass is 9.43. The minimum atomic E-state index is -0.255. The Balaban J connectivity index is 1.62. The normalized spacial score (nSPS) is 54.5. The zero-order valence-corrected chi connectivity index (χ0v) is 18.6. The highest BCUT2D eigenvalue weighted by Gasteiger charge is 2.65. The van der Waals surface area contributed by atoms with Gasteiger partial charge in [0, 0.05) is 0 Å². The minimum absolute atomic E-state index is 0.0350. The maximum absolute atomic E-state index is 11.5. The van der Waals surface area contributed by atoms with Crippen LogP contribution in [0, 0.1) is 46.3 Å². The van der Waals surface area contributed by atoms with Crippen molar-refractivity contribution >= 4 is 0 Å². The van der Waals surface area contributed by atoms with Gasteiger partial charge in [0.05, 0.1) is 18.3 Å². The Morgan fingerprint density at radius 2 is 1.71 bits per heavy atom. The van der Waals surface area contributed by atoms with Crippen LogP contribution in [-0.4, -0.2) is 33.6 Å². The van der Waals surface area contributed by atoms with E-state index in [9.17, 15) is 15.3 Å². The summed E-state index contributed by atoms with van der Waals surface area (Å²) in [7, 11) is 0. The van der Waals surface area contributed by atoms with Gasteiger partial charge in [-0.1, -0.05) is 47.0 Å². The predicted octanol–water partition coefficient (Wildman–Crippen LogP) is 4.77. The van der Waals surface area contributed by atoms with Crippen LogP contribution >= 0.6 is 0 Å². The van der Waals surface area contributed by atoms with Crippen molar-refractivity contribution < 1.29 is 15.3 Å². The maximum atomic E-state index is 11.5. The third kappa shape index (κ3) is 3.02. The molecule has 0 saturated heterocycles. The second-order valence-corrected chi connectivity index (χ2v) is 11.6. The average Bonchev–Trinajstić information content (AvgIpc) is 3.01. The van der Waals surface area contributed by atoms with Gasteiger partial charge in [0.2, 0.25) is 0 Å². The number of hydrogen-bond acceptors (Lipinski definition) is 3. The first-order valence-electron chi connectivity index (χ1n) is 12.3. The highest BCUT2D eigenvalue weighted by Crippen LogP contribution is 2.68. The molecule has 3 N–H and O–H groups in total. The van der Waals surface area contributed by atoms with Gasteiger partial charge in [0.15, 0.2) is 0 Å². The second kappa shape index (κ2) is 7.54. The van der Waals surface area contributed by atoms with Crippen molar-refractivity contribution in [2.45, 2.75) is 110 Å². The summed E-state index contributed by atoms with van der Waals surface area (Å²) in [4.78, 5) is 0. The van der Waals surface area contributed by atoms with Gasteiger partial charge in [-0.05, 0) is 91.3 Å². The third-order valence-corrected chi connectivity index (χ3v) is 10.5. The fraction of sp³-hybridized carbons (Fsp3) is 1.00. The van der Waals surface area contributed by atoms with E-state index in [1.165, 1.54) is 32.1 Å². The molecule has 0 bridgehead atoms. The van der Waals surface area contributed by atoms with Gasteiger partial charge < -0.3 is 15.3 Å². The monoisotopic (exact) mass is 392 g/mol. The van der Waals surface area contributed by atoms with Crippen molar-refractivity contribution in [1.82, 2.24) is 0 Å². The molecule has 0 spiro atoms. The molecule has 2 unspecified atom stereocenters. The molecule has 0 radical (unpaired) electrons. The highest BCUT2D eigenvalue weighted by atomic mass is 16.3. The summed E-state index contributed by atoms with van der Waals surface area (Å²) in [6, 6.07) is 0. The Labute approximate surface area is 172 Å². The first-order chi connectivity index (χ1) is 13.2. The summed E-state index contributed by atoms with van der Waals surface area (Å²) in [5.41, 5.74) is 0.143. The van der Waals surface area contributed by atoms with Crippen LogP contribution in [0.15, 0.2) is 0 Å². The summed E-state index contributed by atoms with van der Waals surface area (Å²) in [5, 5.41) is 33.1. The molecule has 28 heavy (non-hydrogen) atoms. The van der Waals surface area contributed by atoms with E-state index in [1.54, 1.807) is 0 Å². The molecule has 0 aromatic carbocycles. The molecule has 0 aromatic heterocycles. The largest absolute Gasteiger partial charge is 0.393 e. The van der Waals surface area contributed by atoms with E-state index >= 15 is 0 Å². The van der Waals surface area contributed by atoms with E-state index in [0.717, 1.165) is 32.1 Å². The predicted molar refractivity (Wildman–Crippen MR) is 113 cm³/mol. The standard InChI is InChI=1S/C25H44O3/c1-5-6-7-15(2)18-8-9-19-23-20(14-22(28)25(18,19)4)24(3)11-10-17(26)12-16(24)13-21(23)27/h15-23,26-28H,5-14H2,1-4H3/t15-,16?,17+,18-,19+,20+,21-,22+,23?,24+,25-/m1/s1. The molecule has 0 aromatic rings. The summed E-state index contributed by atoms with van der Waals surface area (Å²) in [6.07, 6.45) is 9.99. The first kappa shape index (κ1) is 21.1. The molecular formula is C25H44O3. The molecule has 11 atom stereocenters. The van der Waals surface area contributed by atoms with Gasteiger partial charge in [0.1, 0.15) is 0 Å². The molecule has 0 aliphatic heterocycles. The molecule has 4 fully saturated rings. The molecule has 4 rings (SSSR count). The van der Waals surface area contributed by atoms with Gasteiger partial charge in [-0.25, -0.2) is 0 Å². The smallest absolute Gasteiger partial charge is 0.0602 e. The number of aliphatic hydroxyl groups is 3. The van der Waals surface area contributed by atoms with Crippen LogP contribution in [0.3, 0.4) is 0 Å². The number of hydrogen-bond donors (Lipinski definition) is 3. The van der Waals surface area contributed by atoms with Crippen LogP contribution in [0.2, 0.25) is 0 Å². The first-order valence-corrected chi connectivity index (χ1v) is 12.3. The van der Waals surface area contributed by atoms with E-state index < -0.39 is 0 Å². The molecule has 4 saturated carbocycles. The molecule has 0 heterocycles. The highest BCUT2D eigenvalue weighted by molar-refractivity contribution is 5.14. The van der Waals surface area contributed by atoms with Gasteiger partial charge in [-0.2, -0.15) is 0 Å². The van der Waals surface area contributed by atoms with Crippen LogP contribution in [0.4, 0.5) is 0 Å². The van der Waals surface area contributed by atoms with Gasteiger partial charge in [-0.15, -0.1) is 0 Å². The topological polar surface area (TPSA) is 60.7 Å². The van der Waals surface area contributed by atoms with Crippen molar-refractivity contribution in [3.05, 3.63) is 0 Å². The fourth-order valence-corrected chi connectivity index (χ4v) is 8.86. The lowest BCUT2D eigenvalue weighted by molar-refractivity contribution is -0.207. The zero-order valence-electron chi connectivity index (χ0n) is 18.6. The van der Waals surface area contributed by atoms with E-state index in [4.69, 9.17) is 0 Å². The van der Waals surface area contributed by atoms with Gasteiger partial charge in [-0.3, -0.25) is 0 Å². The van der Waals surface area contributed by atoms with Crippen molar-refractivity contribution in [3.63, 3.8) is 0 Å². The summed E-state index contributed by atoms with van der Waals surface area (Å²) < 4.78 is 0. The number of unbranched alkanes of at least 4 members (excludes halogenated alkanes) is 1. The maximum Gasteiger partial charge on any atom is 0.0602 e. The zero-order chi connectivity index (χ0) is 20.3. The van der Waals surface area contributed by atoms with Crippen LogP contribution in [0.1, 0.15) is 91.9 Å². The lowest BCUT2D eigenvalue weighted by Gasteiger charge is -2.63. The van der Waals surface area contributed by atoms with Crippen molar-refractivity contribution in [3.8, 4) is 0 Å². The molecule has 3 nitrogen and oxygen atoms in total. The molecule has 4 aliphatic rings. The van der Waals surface area contributed by atoms with Crippen LogP contribution in [-0.2, 0) is 0 Å². The van der Waals surface area contributed by atoms with E-state index in [1.807, 2.05) is 0 Å². The SMILES string of the molecule is CCCC[C@@H](C)[C@H]1CC[C@H]2C3[C@H](O)CC4C[C@@H](O)CC[C@]4(C)[C@H]3C[C@H](O)[C@]12C. The molecule has 4 aliphatic carbocycles. The number of aliphatic hydroxyl groups excluding tert-OH is 3. The Bertz CT molecular complexity index is 564. The van der Waals surface area contributed by atoms with Crippen molar-refractivity contribution in [2.24, 2.45) is 46.3 Å². The minimum Gasteiger partial charge on any atom is -0.393 e. The van der Waals surface area contributed by atoms with E-state index in [0.29, 0.717) is 35.5 Å². The Kier molecular flexibility index (Phi) is 5.69. The van der Waals surface area contributed by atoms with E-state index in [-0.39, 0.29) is 29.1 Å². The van der Waals surface area contributed by atoms with Crippen LogP contribution in [0.25, 0.3) is 0 Å². The quantitative estimate of drug-likeness (QED) is 0.645. The number of fused-ring (bicyclic) bond motifs is 5. The Hall–Kier alpha value is -0.120. The van der Waals surface area contributed by atoms with Crippen LogP contribution in [0.5, 0.6) is 0 Å². The summed E-state index contributed by atoms with van der Waals surface area (Å²) >= 11 is 0. The van der Waals surface area contributed by atoms with Crippen molar-refractivity contribution in [2.75, 3.05) is 0 Å². The molecular weight excluding hydrogens is 348 g/mol. The lowest BCUT2D eigenvalue weighted by Crippen LogP contribution is -2.62. The van der Waals surface area contributed by atoms with E-state index in [2.05, 4.69) is 27.7 Å². The second-order valence-electron chi connectivity index (χ2n) is 11.6. The summed E-state index contributed by atoms with van der Waals surface area (Å²) in [5.74, 6) is 2.86. The average molecular weight is 393 g/mol. The van der Waals surface area contributed by atoms with Gasteiger partial charge in [0.25, 0.3) is 0 Å². The molecule has 162 valence electrons. The third-order valence-electron chi connectivity index (χ3n) is 10.5. The number of rotatable bonds is 4. The fourth-order valence-electron chi connectivity index (χ4n) is 8.86. The Morgan fingerprint density at radius 3 is 2.43 bits per heavy atom. The van der Waals surface area contributed by atoms with Crippen molar-refractivity contribution in [1.29, 1.82) is 0 Å². The summed E-state index contributed by atoms with van der Waals surface area (Å²) in [6.45, 7) is 9.45. The molecule has 0 amide bonds. The van der Waals surface area contributed by atoms with Gasteiger partial charge >= 0.3 is 0 Å². The van der Waals surface area contributed by atoms with Crippen LogP contribution < -0.4 is 0 Å².